The van der Waals surface area contributed by atoms with Crippen molar-refractivity contribution in [3.05, 3.63) is 285 Å². The predicted octanol–water partition coefficient (Wildman–Crippen LogP) is 18.4. The van der Waals surface area contributed by atoms with Crippen LogP contribution in [0.15, 0.2) is 285 Å². The third-order valence-electron chi connectivity index (χ3n) is 13.2. The molecule has 0 aliphatic rings. The van der Waals surface area contributed by atoms with E-state index in [1.165, 1.54) is 55.3 Å². The van der Waals surface area contributed by atoms with Gasteiger partial charge in [0.1, 0.15) is 0 Å². The molecule has 0 bridgehead atoms. The second-order valence-electron chi connectivity index (χ2n) is 17.3. The molecule has 0 saturated heterocycles. The number of hydrogen-bond acceptors (Lipinski definition) is 2. The van der Waals surface area contributed by atoms with Crippen LogP contribution in [0.3, 0.4) is 0 Å². The van der Waals surface area contributed by atoms with Crippen molar-refractivity contribution in [2.75, 3.05) is 9.80 Å². The van der Waals surface area contributed by atoms with Gasteiger partial charge in [0, 0.05) is 39.2 Å². The number of aromatic nitrogens is 1. The van der Waals surface area contributed by atoms with E-state index in [2.05, 4.69) is 299 Å². The van der Waals surface area contributed by atoms with Gasteiger partial charge in [0.05, 0.1) is 22.4 Å². The second kappa shape index (κ2) is 18.2. The summed E-state index contributed by atoms with van der Waals surface area (Å²) in [7, 11) is 0. The summed E-state index contributed by atoms with van der Waals surface area (Å²) >= 11 is 0. The number of fused-ring (bicyclic) bond motifs is 3. The van der Waals surface area contributed by atoms with Crippen molar-refractivity contribution in [2.24, 2.45) is 0 Å². The lowest BCUT2D eigenvalue weighted by Crippen LogP contribution is -2.13. The van der Waals surface area contributed by atoms with Gasteiger partial charge in [-0.3, -0.25) is 0 Å². The molecule has 326 valence electrons. The monoisotopic (exact) mass is 881 g/mol. The van der Waals surface area contributed by atoms with Gasteiger partial charge in [-0.25, -0.2) is 0 Å². The third-order valence-corrected chi connectivity index (χ3v) is 13.2. The Morgan fingerprint density at radius 3 is 0.725 bits per heavy atom. The van der Waals surface area contributed by atoms with Crippen LogP contribution in [0.5, 0.6) is 0 Å². The summed E-state index contributed by atoms with van der Waals surface area (Å²) < 4.78 is 2.49. The minimum atomic E-state index is 1.07. The average Bonchev–Trinajstić information content (AvgIpc) is 3.79. The van der Waals surface area contributed by atoms with Gasteiger partial charge in [-0.1, -0.05) is 212 Å². The fourth-order valence-electron chi connectivity index (χ4n) is 9.86. The van der Waals surface area contributed by atoms with E-state index in [1.807, 2.05) is 0 Å². The smallest absolute Gasteiger partial charge is 0.0783 e. The molecular weight excluding hydrogens is 835 g/mol. The van der Waals surface area contributed by atoms with Crippen LogP contribution in [0, 0.1) is 0 Å². The molecule has 0 aliphatic heterocycles. The summed E-state index contributed by atoms with van der Waals surface area (Å²) in [4.78, 5) is 4.85. The van der Waals surface area contributed by atoms with Crippen LogP contribution < -0.4 is 9.80 Å². The van der Waals surface area contributed by atoms with E-state index >= 15 is 0 Å². The van der Waals surface area contributed by atoms with Crippen molar-refractivity contribution in [3.8, 4) is 50.2 Å². The Bertz CT molecular complexity index is 3250. The van der Waals surface area contributed by atoms with Crippen LogP contribution in [-0.2, 0) is 0 Å². The zero-order chi connectivity index (χ0) is 45.9. The van der Waals surface area contributed by atoms with Gasteiger partial charge in [0.15, 0.2) is 0 Å². The van der Waals surface area contributed by atoms with E-state index in [4.69, 9.17) is 0 Å². The largest absolute Gasteiger partial charge is 0.308 e. The first kappa shape index (κ1) is 41.3. The van der Waals surface area contributed by atoms with Crippen LogP contribution in [0.2, 0.25) is 0 Å². The maximum absolute atomic E-state index is 2.49. The number of rotatable bonds is 11. The van der Waals surface area contributed by atoms with Crippen LogP contribution in [0.4, 0.5) is 34.1 Å². The third kappa shape index (κ3) is 7.92. The molecule has 3 heteroatoms. The standard InChI is InChI=1S/C66H47N3/c1-6-18-48(19-7-1)52-32-40-57(41-33-52)67(58-42-34-53(35-43-58)49-20-8-2-9-21-49)63-30-16-28-61-62-29-17-31-64(66(62)69(65(61)63)56-26-14-5-15-27-56)68(59-44-36-54(37-45-59)50-22-10-3-11-23-50)60-46-38-55(39-47-60)51-24-12-4-13-25-51/h1-47H. The topological polar surface area (TPSA) is 11.4 Å². The molecule has 1 heterocycles. The molecule has 0 fully saturated rings. The molecule has 0 aliphatic carbocycles. The van der Waals surface area contributed by atoms with Crippen molar-refractivity contribution in [3.63, 3.8) is 0 Å². The van der Waals surface area contributed by atoms with Crippen LogP contribution in [0.1, 0.15) is 0 Å². The zero-order valence-corrected chi connectivity index (χ0v) is 38.0. The summed E-state index contributed by atoms with van der Waals surface area (Å²) in [5, 5.41) is 2.33. The first-order valence-corrected chi connectivity index (χ1v) is 23.6. The molecule has 0 atom stereocenters. The van der Waals surface area contributed by atoms with Gasteiger partial charge in [0.2, 0.25) is 0 Å². The summed E-state index contributed by atoms with van der Waals surface area (Å²) in [6.45, 7) is 0. The van der Waals surface area contributed by atoms with Crippen LogP contribution >= 0.6 is 0 Å². The average molecular weight is 882 g/mol. The lowest BCUT2D eigenvalue weighted by atomic mass is 10.0. The van der Waals surface area contributed by atoms with Crippen molar-refractivity contribution in [1.82, 2.24) is 4.57 Å². The molecule has 12 rings (SSSR count). The lowest BCUT2D eigenvalue weighted by Gasteiger charge is -2.29. The molecule has 0 spiro atoms. The molecule has 0 amide bonds. The van der Waals surface area contributed by atoms with Crippen molar-refractivity contribution in [2.45, 2.75) is 0 Å². The number of hydrogen-bond donors (Lipinski definition) is 0. The van der Waals surface area contributed by atoms with Gasteiger partial charge in [-0.05, 0) is 117 Å². The maximum Gasteiger partial charge on any atom is 0.0783 e. The minimum absolute atomic E-state index is 1.07. The summed E-state index contributed by atoms with van der Waals surface area (Å²) in [6, 6.07) is 103. The fourth-order valence-corrected chi connectivity index (χ4v) is 9.86. The first-order valence-electron chi connectivity index (χ1n) is 23.6. The number of benzene rings is 11. The second-order valence-corrected chi connectivity index (χ2v) is 17.3. The van der Waals surface area contributed by atoms with Crippen molar-refractivity contribution >= 4 is 55.9 Å². The van der Waals surface area contributed by atoms with Crippen molar-refractivity contribution < 1.29 is 0 Å². The molecule has 0 N–H and O–H groups in total. The quantitative estimate of drug-likeness (QED) is 0.128. The Morgan fingerprint density at radius 2 is 0.449 bits per heavy atom. The maximum atomic E-state index is 2.49. The summed E-state index contributed by atoms with van der Waals surface area (Å²) in [6.07, 6.45) is 0. The Morgan fingerprint density at radius 1 is 0.203 bits per heavy atom. The highest BCUT2D eigenvalue weighted by Gasteiger charge is 2.26. The normalized spacial score (nSPS) is 11.2. The Hall–Kier alpha value is -9.18. The number of anilines is 6. The Balaban J connectivity index is 1.10. The molecular formula is C66H47N3. The summed E-state index contributed by atoms with van der Waals surface area (Å²) in [5.41, 5.74) is 19.2. The van der Waals surface area contributed by atoms with Gasteiger partial charge in [-0.15, -0.1) is 0 Å². The highest BCUT2D eigenvalue weighted by Crippen LogP contribution is 2.48. The summed E-state index contributed by atoms with van der Waals surface area (Å²) in [5.74, 6) is 0. The molecule has 11 aromatic carbocycles. The van der Waals surface area contributed by atoms with Crippen LogP contribution in [-0.4, -0.2) is 4.57 Å². The fraction of sp³-hybridized carbons (Fsp3) is 0. The van der Waals surface area contributed by atoms with Gasteiger partial charge >= 0.3 is 0 Å². The van der Waals surface area contributed by atoms with Crippen LogP contribution in [0.25, 0.3) is 72.0 Å². The SMILES string of the molecule is c1ccc(-c2ccc(N(c3ccc(-c4ccccc4)cc3)c3cccc4c5cccc(N(c6ccc(-c7ccccc7)cc6)c6ccc(-c7ccccc7)cc6)c5n(-c5ccccc5)c34)cc2)cc1. The molecule has 3 nitrogen and oxygen atoms in total. The number of para-hydroxylation sites is 3. The Kier molecular flexibility index (Phi) is 10.9. The lowest BCUT2D eigenvalue weighted by molar-refractivity contribution is 1.16. The number of nitrogens with zero attached hydrogens (tertiary/aromatic N) is 3. The predicted molar refractivity (Wildman–Crippen MR) is 292 cm³/mol. The van der Waals surface area contributed by atoms with E-state index < -0.39 is 0 Å². The first-order chi connectivity index (χ1) is 34.2. The van der Waals surface area contributed by atoms with E-state index in [9.17, 15) is 0 Å². The molecule has 12 aromatic rings. The minimum Gasteiger partial charge on any atom is -0.308 e. The van der Waals surface area contributed by atoms with E-state index in [-0.39, 0.29) is 0 Å². The highest BCUT2D eigenvalue weighted by atomic mass is 15.2. The van der Waals surface area contributed by atoms with Gasteiger partial charge < -0.3 is 14.4 Å². The van der Waals surface area contributed by atoms with E-state index in [0.29, 0.717) is 0 Å². The molecule has 1 aromatic heterocycles. The van der Waals surface area contributed by atoms with Gasteiger partial charge in [0.25, 0.3) is 0 Å². The molecule has 0 unspecified atom stereocenters. The molecule has 69 heavy (non-hydrogen) atoms. The zero-order valence-electron chi connectivity index (χ0n) is 38.0. The van der Waals surface area contributed by atoms with E-state index in [1.54, 1.807) is 0 Å². The molecule has 0 saturated carbocycles. The van der Waals surface area contributed by atoms with Crippen molar-refractivity contribution in [1.29, 1.82) is 0 Å². The van der Waals surface area contributed by atoms with Gasteiger partial charge in [-0.2, -0.15) is 0 Å². The highest BCUT2D eigenvalue weighted by molar-refractivity contribution is 6.18. The Labute approximate surface area is 403 Å². The van der Waals surface area contributed by atoms with E-state index in [0.717, 1.165) is 50.8 Å². The molecule has 0 radical (unpaired) electrons.